The molecule has 0 amide bonds. The summed E-state index contributed by atoms with van der Waals surface area (Å²) < 4.78 is 24.5. The summed E-state index contributed by atoms with van der Waals surface area (Å²) >= 11 is 0. The van der Waals surface area contributed by atoms with E-state index in [2.05, 4.69) is 5.10 Å². The highest BCUT2D eigenvalue weighted by molar-refractivity contribution is 7.92. The van der Waals surface area contributed by atoms with Gasteiger partial charge in [-0.3, -0.25) is 14.8 Å². The van der Waals surface area contributed by atoms with E-state index in [1.807, 2.05) is 0 Å². The Kier molecular flexibility index (Phi) is 2.80. The minimum absolute atomic E-state index is 0.468. The van der Waals surface area contributed by atoms with Crippen LogP contribution in [-0.4, -0.2) is 28.4 Å². The van der Waals surface area contributed by atoms with Crippen molar-refractivity contribution in [2.75, 3.05) is 0 Å². The van der Waals surface area contributed by atoms with E-state index in [4.69, 9.17) is 0 Å². The van der Waals surface area contributed by atoms with Crippen molar-refractivity contribution in [1.82, 2.24) is 9.78 Å². The maximum absolute atomic E-state index is 11.7. The van der Waals surface area contributed by atoms with Crippen molar-refractivity contribution in [3.05, 3.63) is 16.3 Å². The Hall–Kier alpha value is -1.44. The number of aryl methyl sites for hydroxylation is 1. The zero-order valence-corrected chi connectivity index (χ0v) is 9.35. The lowest BCUT2D eigenvalue weighted by molar-refractivity contribution is -0.387. The fourth-order valence-electron chi connectivity index (χ4n) is 1.01. The van der Waals surface area contributed by atoms with Gasteiger partial charge in [-0.1, -0.05) is 0 Å². The molecule has 1 heterocycles. The van der Waals surface area contributed by atoms with Crippen LogP contribution in [0.25, 0.3) is 0 Å². The predicted molar refractivity (Wildman–Crippen MR) is 52.2 cm³/mol. The molecule has 1 rings (SSSR count). The minimum atomic E-state index is -3.71. The van der Waals surface area contributed by atoms with E-state index in [9.17, 15) is 18.5 Å². The van der Waals surface area contributed by atoms with Crippen LogP contribution < -0.4 is 0 Å². The van der Waals surface area contributed by atoms with E-state index >= 15 is 0 Å². The van der Waals surface area contributed by atoms with E-state index in [-0.39, 0.29) is 0 Å². The average molecular weight is 233 g/mol. The van der Waals surface area contributed by atoms with Gasteiger partial charge in [0.15, 0.2) is 0 Å². The van der Waals surface area contributed by atoms with Crippen LogP contribution in [0.4, 0.5) is 5.69 Å². The smallest absolute Gasteiger partial charge is 0.267 e. The maximum atomic E-state index is 11.7. The number of nitro groups is 1. The van der Waals surface area contributed by atoms with Crippen LogP contribution in [0, 0.1) is 10.1 Å². The molecule has 0 saturated carbocycles. The second-order valence-corrected chi connectivity index (χ2v) is 5.76. The average Bonchev–Trinajstić information content (AvgIpc) is 2.47. The van der Waals surface area contributed by atoms with Gasteiger partial charge in [0.1, 0.15) is 6.20 Å². The molecule has 0 aliphatic rings. The first-order valence-corrected chi connectivity index (χ1v) is 5.73. The Bertz CT molecular complexity index is 488. The fraction of sp³-hybridized carbons (Fsp3) is 0.571. The van der Waals surface area contributed by atoms with Crippen LogP contribution in [0.2, 0.25) is 0 Å². The topological polar surface area (TPSA) is 95.1 Å². The molecule has 0 aromatic carbocycles. The number of aromatic nitrogens is 2. The zero-order valence-electron chi connectivity index (χ0n) is 8.54. The van der Waals surface area contributed by atoms with E-state index < -0.39 is 30.7 Å². The Labute approximate surface area is 86.8 Å². The van der Waals surface area contributed by atoms with Gasteiger partial charge in [-0.25, -0.2) is 8.42 Å². The first-order chi connectivity index (χ1) is 6.76. The Morgan fingerprint density at radius 3 is 2.47 bits per heavy atom. The minimum Gasteiger partial charge on any atom is -0.267 e. The van der Waals surface area contributed by atoms with E-state index in [1.165, 1.54) is 20.9 Å². The van der Waals surface area contributed by atoms with Crippen LogP contribution in [0.1, 0.15) is 13.8 Å². The molecule has 0 fully saturated rings. The highest BCUT2D eigenvalue weighted by atomic mass is 32.2. The molecule has 0 radical (unpaired) electrons. The van der Waals surface area contributed by atoms with Crippen LogP contribution in [-0.2, 0) is 16.9 Å². The molecular formula is C7H11N3O4S. The van der Waals surface area contributed by atoms with Gasteiger partial charge in [0, 0.05) is 7.05 Å². The third kappa shape index (κ3) is 1.99. The first kappa shape index (κ1) is 11.6. The van der Waals surface area contributed by atoms with Crippen molar-refractivity contribution in [3.8, 4) is 0 Å². The molecule has 0 aliphatic carbocycles. The summed E-state index contributed by atoms with van der Waals surface area (Å²) in [6.45, 7) is 2.90. The number of hydrogen-bond donors (Lipinski definition) is 0. The molecule has 0 bridgehead atoms. The zero-order chi connectivity index (χ0) is 11.8. The van der Waals surface area contributed by atoms with Gasteiger partial charge in [-0.05, 0) is 13.8 Å². The molecule has 15 heavy (non-hydrogen) atoms. The highest BCUT2D eigenvalue weighted by Crippen LogP contribution is 2.24. The largest absolute Gasteiger partial charge is 0.326 e. The SMILES string of the molecule is CC(C)S(=O)(=O)c1nn(C)cc1[N+](=O)[O-]. The molecule has 84 valence electrons. The first-order valence-electron chi connectivity index (χ1n) is 4.18. The Morgan fingerprint density at radius 1 is 1.53 bits per heavy atom. The lowest BCUT2D eigenvalue weighted by Gasteiger charge is -2.02. The van der Waals surface area contributed by atoms with Crippen LogP contribution in [0.3, 0.4) is 0 Å². The van der Waals surface area contributed by atoms with Gasteiger partial charge < -0.3 is 0 Å². The summed E-state index contributed by atoms with van der Waals surface area (Å²) in [6.07, 6.45) is 1.08. The molecule has 0 N–H and O–H groups in total. The summed E-state index contributed by atoms with van der Waals surface area (Å²) in [6, 6.07) is 0. The summed E-state index contributed by atoms with van der Waals surface area (Å²) in [4.78, 5) is 9.84. The second kappa shape index (κ2) is 3.61. The fourth-order valence-corrected chi connectivity index (χ4v) is 2.11. The van der Waals surface area contributed by atoms with Gasteiger partial charge >= 0.3 is 5.69 Å². The van der Waals surface area contributed by atoms with Crippen LogP contribution in [0.5, 0.6) is 0 Å². The van der Waals surface area contributed by atoms with Gasteiger partial charge in [0.2, 0.25) is 9.84 Å². The third-order valence-corrected chi connectivity index (χ3v) is 3.93. The van der Waals surface area contributed by atoms with Gasteiger partial charge in [-0.2, -0.15) is 5.10 Å². The highest BCUT2D eigenvalue weighted by Gasteiger charge is 2.32. The number of rotatable bonds is 3. The molecular weight excluding hydrogens is 222 g/mol. The Balaban J connectivity index is 3.44. The lowest BCUT2D eigenvalue weighted by Crippen LogP contribution is -2.16. The summed E-state index contributed by atoms with van der Waals surface area (Å²) in [5, 5.41) is 13.0. The molecule has 0 saturated heterocycles. The van der Waals surface area contributed by atoms with E-state index in [0.29, 0.717) is 0 Å². The summed E-state index contributed by atoms with van der Waals surface area (Å²) in [5.41, 5.74) is -0.480. The van der Waals surface area contributed by atoms with Crippen molar-refractivity contribution in [2.45, 2.75) is 24.1 Å². The molecule has 0 spiro atoms. The van der Waals surface area contributed by atoms with Crippen molar-refractivity contribution in [1.29, 1.82) is 0 Å². The van der Waals surface area contributed by atoms with Gasteiger partial charge in [0.25, 0.3) is 5.03 Å². The van der Waals surface area contributed by atoms with Crippen LogP contribution >= 0.6 is 0 Å². The molecule has 1 aromatic heterocycles. The summed E-state index contributed by atoms with van der Waals surface area (Å²) in [5.74, 6) is 0. The number of nitrogens with zero attached hydrogens (tertiary/aromatic N) is 3. The second-order valence-electron chi connectivity index (χ2n) is 3.34. The standard InChI is InChI=1S/C7H11N3O4S/c1-5(2)15(13,14)7-6(10(11)12)4-9(3)8-7/h4-5H,1-3H3. The molecule has 0 atom stereocenters. The molecule has 1 aromatic rings. The van der Waals surface area contributed by atoms with Gasteiger partial charge in [0.05, 0.1) is 10.2 Å². The van der Waals surface area contributed by atoms with E-state index in [1.54, 1.807) is 0 Å². The van der Waals surface area contributed by atoms with Gasteiger partial charge in [-0.15, -0.1) is 0 Å². The Morgan fingerprint density at radius 2 is 2.07 bits per heavy atom. The molecule has 0 unspecified atom stereocenters. The van der Waals surface area contributed by atoms with Crippen LogP contribution in [0.15, 0.2) is 11.2 Å². The van der Waals surface area contributed by atoms with Crippen molar-refractivity contribution in [3.63, 3.8) is 0 Å². The predicted octanol–water partition coefficient (Wildman–Crippen LogP) is 0.510. The van der Waals surface area contributed by atoms with E-state index in [0.717, 1.165) is 10.9 Å². The lowest BCUT2D eigenvalue weighted by atomic mass is 10.6. The van der Waals surface area contributed by atoms with Crippen molar-refractivity contribution >= 4 is 15.5 Å². The monoisotopic (exact) mass is 233 g/mol. The number of hydrogen-bond acceptors (Lipinski definition) is 5. The quantitative estimate of drug-likeness (QED) is 0.560. The third-order valence-electron chi connectivity index (χ3n) is 1.86. The molecule has 8 heteroatoms. The molecule has 0 aliphatic heterocycles. The normalized spacial score (nSPS) is 12.0. The number of sulfone groups is 1. The maximum Gasteiger partial charge on any atom is 0.326 e. The van der Waals surface area contributed by atoms with Crippen molar-refractivity contribution in [2.24, 2.45) is 7.05 Å². The summed E-state index contributed by atoms with van der Waals surface area (Å²) in [7, 11) is -2.27. The van der Waals surface area contributed by atoms with Crippen molar-refractivity contribution < 1.29 is 13.3 Å². The molecule has 7 nitrogen and oxygen atoms in total.